The molecule has 8 heteroatoms. The number of benzene rings is 1. The molecule has 2 aliphatic heterocycles. The number of ether oxygens (including phenoxy) is 1. The summed E-state index contributed by atoms with van der Waals surface area (Å²) in [4.78, 5) is 21.0. The minimum absolute atomic E-state index is 0. The lowest BCUT2D eigenvalue weighted by atomic mass is 10.1. The Morgan fingerprint density at radius 2 is 2.03 bits per heavy atom. The molecule has 1 aromatic rings. The lowest BCUT2D eigenvalue weighted by Gasteiger charge is -2.36. The Morgan fingerprint density at radius 3 is 2.72 bits per heavy atom. The Labute approximate surface area is 191 Å². The third-order valence-electron chi connectivity index (χ3n) is 5.24. The summed E-state index contributed by atoms with van der Waals surface area (Å²) in [6.07, 6.45) is 0.634. The Balaban J connectivity index is 0.00000300. The van der Waals surface area contributed by atoms with Crippen LogP contribution in [0.25, 0.3) is 0 Å². The van der Waals surface area contributed by atoms with Gasteiger partial charge in [-0.25, -0.2) is 0 Å². The highest BCUT2D eigenvalue weighted by atomic mass is 127. The molecule has 0 aliphatic carbocycles. The second-order valence-corrected chi connectivity index (χ2v) is 7.78. The fourth-order valence-electron chi connectivity index (χ4n) is 3.96. The molecule has 29 heavy (non-hydrogen) atoms. The number of hydrogen-bond acceptors (Lipinski definition) is 4. The number of nitrogens with zero attached hydrogens (tertiary/aromatic N) is 3. The van der Waals surface area contributed by atoms with Crippen LogP contribution in [0.1, 0.15) is 25.8 Å². The van der Waals surface area contributed by atoms with Crippen molar-refractivity contribution in [3.8, 4) is 0 Å². The van der Waals surface area contributed by atoms with E-state index in [1.165, 1.54) is 5.56 Å². The van der Waals surface area contributed by atoms with Gasteiger partial charge in [0.05, 0.1) is 18.8 Å². The number of fused-ring (bicyclic) bond motifs is 1. The fraction of sp³-hybridized carbons (Fsp3) is 0.619. The van der Waals surface area contributed by atoms with E-state index in [9.17, 15) is 4.79 Å². The Bertz CT molecular complexity index is 670. The lowest BCUT2D eigenvalue weighted by molar-refractivity contribution is -0.121. The van der Waals surface area contributed by atoms with Crippen molar-refractivity contribution in [3.63, 3.8) is 0 Å². The normalized spacial score (nSPS) is 22.2. The highest BCUT2D eigenvalue weighted by Crippen LogP contribution is 2.24. The number of amides is 1. The Morgan fingerprint density at radius 1 is 1.28 bits per heavy atom. The summed E-state index contributed by atoms with van der Waals surface area (Å²) in [5, 5.41) is 6.25. The van der Waals surface area contributed by atoms with Gasteiger partial charge in [-0.1, -0.05) is 30.3 Å². The molecule has 0 bridgehead atoms. The molecule has 0 spiro atoms. The molecule has 0 saturated carbocycles. The monoisotopic (exact) mass is 515 g/mol. The molecular weight excluding hydrogens is 481 g/mol. The topological polar surface area (TPSA) is 69.2 Å². The van der Waals surface area contributed by atoms with E-state index in [2.05, 4.69) is 55.8 Å². The van der Waals surface area contributed by atoms with Gasteiger partial charge in [0.25, 0.3) is 0 Å². The zero-order chi connectivity index (χ0) is 19.9. The average Bonchev–Trinajstić information content (AvgIpc) is 3.10. The number of morpholine rings is 1. The molecule has 2 fully saturated rings. The van der Waals surface area contributed by atoms with Crippen molar-refractivity contribution in [2.75, 3.05) is 39.8 Å². The van der Waals surface area contributed by atoms with Crippen LogP contribution in [0.3, 0.4) is 0 Å². The number of carbonyl (C=O) groups is 1. The molecule has 162 valence electrons. The van der Waals surface area contributed by atoms with Gasteiger partial charge in [-0.2, -0.15) is 0 Å². The molecule has 3 rings (SSSR count). The first-order chi connectivity index (χ1) is 13.6. The van der Waals surface area contributed by atoms with Gasteiger partial charge in [-0.15, -0.1) is 24.0 Å². The third kappa shape index (κ3) is 6.82. The SMILES string of the molecule is CN=C(NCCC(=O)NC(C)C)N1CC2OCCN(Cc3ccccc3)C2C1.I. The van der Waals surface area contributed by atoms with Crippen molar-refractivity contribution in [3.05, 3.63) is 35.9 Å². The van der Waals surface area contributed by atoms with Crippen molar-refractivity contribution in [1.29, 1.82) is 0 Å². The molecule has 2 aliphatic rings. The van der Waals surface area contributed by atoms with Crippen molar-refractivity contribution in [2.24, 2.45) is 4.99 Å². The van der Waals surface area contributed by atoms with Gasteiger partial charge in [-0.05, 0) is 19.4 Å². The first-order valence-electron chi connectivity index (χ1n) is 10.2. The average molecular weight is 515 g/mol. The Hall–Kier alpha value is -1.39. The van der Waals surface area contributed by atoms with E-state index in [-0.39, 0.29) is 42.0 Å². The molecule has 7 nitrogen and oxygen atoms in total. The number of guanidine groups is 1. The summed E-state index contributed by atoms with van der Waals surface area (Å²) in [5.74, 6) is 0.903. The van der Waals surface area contributed by atoms with Crippen LogP contribution in [0, 0.1) is 0 Å². The van der Waals surface area contributed by atoms with Gasteiger partial charge in [0.2, 0.25) is 5.91 Å². The van der Waals surface area contributed by atoms with E-state index in [1.54, 1.807) is 7.05 Å². The summed E-state index contributed by atoms with van der Waals surface area (Å²) >= 11 is 0. The molecule has 1 amide bonds. The van der Waals surface area contributed by atoms with Crippen LogP contribution in [-0.2, 0) is 16.1 Å². The van der Waals surface area contributed by atoms with Crippen LogP contribution < -0.4 is 10.6 Å². The zero-order valence-corrected chi connectivity index (χ0v) is 20.0. The number of rotatable bonds is 6. The molecule has 2 saturated heterocycles. The van der Waals surface area contributed by atoms with Crippen LogP contribution in [-0.4, -0.2) is 79.7 Å². The second kappa shape index (κ2) is 11.7. The van der Waals surface area contributed by atoms with Crippen LogP contribution in [0.2, 0.25) is 0 Å². The second-order valence-electron chi connectivity index (χ2n) is 7.78. The van der Waals surface area contributed by atoms with Gasteiger partial charge >= 0.3 is 0 Å². The van der Waals surface area contributed by atoms with E-state index >= 15 is 0 Å². The van der Waals surface area contributed by atoms with Crippen molar-refractivity contribution in [2.45, 2.75) is 45.0 Å². The molecule has 1 aromatic carbocycles. The predicted octanol–water partition coefficient (Wildman–Crippen LogP) is 1.68. The van der Waals surface area contributed by atoms with Crippen LogP contribution >= 0.6 is 24.0 Å². The number of aliphatic imine (C=N–C) groups is 1. The Kier molecular flexibility index (Phi) is 9.64. The molecule has 2 heterocycles. The standard InChI is InChI=1S/C21H33N5O2.HI/c1-16(2)24-20(27)9-10-23-21(22-3)26-14-18-19(15-26)28-12-11-25(18)13-17-7-5-4-6-8-17;/h4-8,16,18-19H,9-15H2,1-3H3,(H,22,23)(H,24,27);1H. The maximum atomic E-state index is 11.8. The number of nitrogens with one attached hydrogen (secondary N) is 2. The van der Waals surface area contributed by atoms with Crippen molar-refractivity contribution < 1.29 is 9.53 Å². The molecule has 0 aromatic heterocycles. The number of hydrogen-bond donors (Lipinski definition) is 2. The first-order valence-corrected chi connectivity index (χ1v) is 10.2. The maximum Gasteiger partial charge on any atom is 0.221 e. The van der Waals surface area contributed by atoms with E-state index in [0.717, 1.165) is 38.7 Å². The largest absolute Gasteiger partial charge is 0.373 e. The van der Waals surface area contributed by atoms with E-state index in [0.29, 0.717) is 19.0 Å². The summed E-state index contributed by atoms with van der Waals surface area (Å²) in [7, 11) is 1.79. The lowest BCUT2D eigenvalue weighted by Crippen LogP contribution is -2.50. The molecule has 2 unspecified atom stereocenters. The maximum absolute atomic E-state index is 11.8. The highest BCUT2D eigenvalue weighted by Gasteiger charge is 2.41. The number of carbonyl (C=O) groups excluding carboxylic acids is 1. The van der Waals surface area contributed by atoms with E-state index in [4.69, 9.17) is 4.74 Å². The minimum Gasteiger partial charge on any atom is -0.373 e. The van der Waals surface area contributed by atoms with Crippen molar-refractivity contribution in [1.82, 2.24) is 20.4 Å². The third-order valence-corrected chi connectivity index (χ3v) is 5.24. The van der Waals surface area contributed by atoms with E-state index in [1.807, 2.05) is 13.8 Å². The first kappa shape index (κ1) is 23.9. The minimum atomic E-state index is 0. The molecule has 2 N–H and O–H groups in total. The summed E-state index contributed by atoms with van der Waals surface area (Å²) in [6, 6.07) is 11.1. The number of halogens is 1. The number of likely N-dealkylation sites (tertiary alicyclic amines) is 1. The van der Waals surface area contributed by atoms with E-state index < -0.39 is 0 Å². The molecular formula is C21H34IN5O2. The van der Waals surface area contributed by atoms with Crippen LogP contribution in [0.4, 0.5) is 0 Å². The van der Waals surface area contributed by atoms with Gasteiger partial charge in [0.1, 0.15) is 0 Å². The summed E-state index contributed by atoms with van der Waals surface area (Å²) in [6.45, 7) is 8.89. The van der Waals surface area contributed by atoms with Crippen molar-refractivity contribution >= 4 is 35.8 Å². The van der Waals surface area contributed by atoms with Gasteiger partial charge in [-0.3, -0.25) is 14.7 Å². The smallest absolute Gasteiger partial charge is 0.221 e. The highest BCUT2D eigenvalue weighted by molar-refractivity contribution is 14.0. The fourth-order valence-corrected chi connectivity index (χ4v) is 3.96. The zero-order valence-electron chi connectivity index (χ0n) is 17.6. The quantitative estimate of drug-likeness (QED) is 0.343. The van der Waals surface area contributed by atoms with Gasteiger partial charge in [0.15, 0.2) is 5.96 Å². The van der Waals surface area contributed by atoms with Gasteiger partial charge in [0, 0.05) is 52.2 Å². The predicted molar refractivity (Wildman–Crippen MR) is 127 cm³/mol. The van der Waals surface area contributed by atoms with Gasteiger partial charge < -0.3 is 20.3 Å². The van der Waals surface area contributed by atoms with Crippen LogP contribution in [0.5, 0.6) is 0 Å². The molecule has 0 radical (unpaired) electrons. The summed E-state index contributed by atoms with van der Waals surface area (Å²) < 4.78 is 6.05. The summed E-state index contributed by atoms with van der Waals surface area (Å²) in [5.41, 5.74) is 1.33. The van der Waals surface area contributed by atoms with Crippen LogP contribution in [0.15, 0.2) is 35.3 Å². The molecule has 2 atom stereocenters.